The van der Waals surface area contributed by atoms with Crippen LogP contribution in [0, 0.1) is 0 Å². The highest BCUT2D eigenvalue weighted by Gasteiger charge is 2.21. The van der Waals surface area contributed by atoms with Gasteiger partial charge in [0.05, 0.1) is 29.5 Å². The zero-order chi connectivity index (χ0) is 19.9. The van der Waals surface area contributed by atoms with Gasteiger partial charge in [-0.2, -0.15) is 0 Å². The van der Waals surface area contributed by atoms with Crippen molar-refractivity contribution < 1.29 is 13.9 Å². The highest BCUT2D eigenvalue weighted by molar-refractivity contribution is 6.37. The van der Waals surface area contributed by atoms with Gasteiger partial charge in [0.1, 0.15) is 5.76 Å². The molecule has 0 bridgehead atoms. The lowest BCUT2D eigenvalue weighted by Crippen LogP contribution is -2.30. The van der Waals surface area contributed by atoms with E-state index in [0.29, 0.717) is 46.8 Å². The molecule has 1 amide bonds. The number of hydrogen-bond donors (Lipinski definition) is 0. The lowest BCUT2D eigenvalue weighted by atomic mass is 10.1. The van der Waals surface area contributed by atoms with Crippen molar-refractivity contribution in [3.05, 3.63) is 87.8 Å². The Morgan fingerprint density at radius 2 is 1.75 bits per heavy atom. The van der Waals surface area contributed by atoms with E-state index in [1.165, 1.54) is 0 Å². The minimum Gasteiger partial charge on any atom is -0.490 e. The van der Waals surface area contributed by atoms with Crippen LogP contribution in [-0.4, -0.2) is 17.4 Å². The summed E-state index contributed by atoms with van der Waals surface area (Å²) in [7, 11) is 0. The second-order valence-electron chi connectivity index (χ2n) is 6.34. The molecule has 3 rings (SSSR count). The van der Waals surface area contributed by atoms with Gasteiger partial charge >= 0.3 is 0 Å². The van der Waals surface area contributed by atoms with Crippen molar-refractivity contribution in [3.63, 3.8) is 0 Å². The van der Waals surface area contributed by atoms with Crippen molar-refractivity contribution >= 4 is 29.1 Å². The van der Waals surface area contributed by atoms with Gasteiger partial charge in [-0.15, -0.1) is 0 Å². The van der Waals surface area contributed by atoms with E-state index in [9.17, 15) is 4.79 Å². The Hall–Kier alpha value is -2.43. The highest BCUT2D eigenvalue weighted by Crippen LogP contribution is 2.35. The largest absolute Gasteiger partial charge is 0.490 e. The number of amides is 1. The van der Waals surface area contributed by atoms with Gasteiger partial charge in [0.15, 0.2) is 5.75 Å². The molecule has 0 atom stereocenters. The van der Waals surface area contributed by atoms with Gasteiger partial charge in [-0.25, -0.2) is 0 Å². The van der Waals surface area contributed by atoms with Crippen LogP contribution in [0.15, 0.2) is 65.3 Å². The van der Waals surface area contributed by atoms with E-state index in [1.54, 1.807) is 29.4 Å². The molecule has 1 heterocycles. The van der Waals surface area contributed by atoms with E-state index >= 15 is 0 Å². The summed E-state index contributed by atoms with van der Waals surface area (Å²) in [6.07, 6.45) is 2.43. The number of ether oxygens (including phenoxy) is 1. The molecule has 0 fully saturated rings. The van der Waals surface area contributed by atoms with Crippen LogP contribution in [0.25, 0.3) is 0 Å². The Balaban J connectivity index is 1.87. The maximum absolute atomic E-state index is 13.2. The average molecular weight is 418 g/mol. The molecule has 0 aliphatic heterocycles. The third-order valence-electron chi connectivity index (χ3n) is 4.13. The fraction of sp³-hybridized carbons (Fsp3) is 0.227. The molecular weight excluding hydrogens is 397 g/mol. The van der Waals surface area contributed by atoms with Crippen LogP contribution >= 0.6 is 23.2 Å². The van der Waals surface area contributed by atoms with Crippen LogP contribution in [0.5, 0.6) is 5.75 Å². The minimum atomic E-state index is -0.189. The second-order valence-corrected chi connectivity index (χ2v) is 7.16. The monoisotopic (exact) mass is 417 g/mol. The standard InChI is InChI=1S/C22H21Cl2NO3/c1-2-10-28-21-19(23)12-17(13-20(21)24)22(26)25(15-18-9-6-11-27-18)14-16-7-4-3-5-8-16/h3-9,11-13H,2,10,14-15H2,1H3. The van der Waals surface area contributed by atoms with Crippen molar-refractivity contribution in [3.8, 4) is 5.75 Å². The lowest BCUT2D eigenvalue weighted by molar-refractivity contribution is 0.0717. The molecule has 0 N–H and O–H groups in total. The van der Waals surface area contributed by atoms with Crippen molar-refractivity contribution in [2.75, 3.05) is 6.61 Å². The lowest BCUT2D eigenvalue weighted by Gasteiger charge is -2.22. The SMILES string of the molecule is CCCOc1c(Cl)cc(C(=O)N(Cc2ccccc2)Cc2ccco2)cc1Cl. The molecule has 0 saturated carbocycles. The normalized spacial score (nSPS) is 10.7. The van der Waals surface area contributed by atoms with Crippen LogP contribution in [0.1, 0.15) is 35.0 Å². The summed E-state index contributed by atoms with van der Waals surface area (Å²) in [6.45, 7) is 3.27. The zero-order valence-corrected chi connectivity index (χ0v) is 17.0. The van der Waals surface area contributed by atoms with Gasteiger partial charge in [0.25, 0.3) is 5.91 Å². The molecule has 4 nitrogen and oxygen atoms in total. The maximum Gasteiger partial charge on any atom is 0.254 e. The molecule has 0 aliphatic rings. The average Bonchev–Trinajstić information content (AvgIpc) is 3.20. The van der Waals surface area contributed by atoms with E-state index in [2.05, 4.69) is 0 Å². The molecule has 146 valence electrons. The summed E-state index contributed by atoms with van der Waals surface area (Å²) in [5.74, 6) is 0.915. The van der Waals surface area contributed by atoms with Gasteiger partial charge in [0, 0.05) is 12.1 Å². The summed E-state index contributed by atoms with van der Waals surface area (Å²) in [6, 6.07) is 16.6. The van der Waals surface area contributed by atoms with E-state index in [-0.39, 0.29) is 5.91 Å². The fourth-order valence-corrected chi connectivity index (χ4v) is 3.40. The first-order chi connectivity index (χ1) is 13.6. The first-order valence-corrected chi connectivity index (χ1v) is 9.81. The number of benzene rings is 2. The molecule has 0 aliphatic carbocycles. The molecule has 28 heavy (non-hydrogen) atoms. The summed E-state index contributed by atoms with van der Waals surface area (Å²) in [5.41, 5.74) is 1.42. The minimum absolute atomic E-state index is 0.189. The second kappa shape index (κ2) is 9.67. The van der Waals surface area contributed by atoms with Crippen LogP contribution in [0.3, 0.4) is 0 Å². The molecule has 0 radical (unpaired) electrons. The summed E-state index contributed by atoms with van der Waals surface area (Å²) < 4.78 is 11.0. The van der Waals surface area contributed by atoms with Gasteiger partial charge in [-0.05, 0) is 36.2 Å². The number of halogens is 2. The molecule has 2 aromatic carbocycles. The Labute approximate surface area is 174 Å². The third-order valence-corrected chi connectivity index (χ3v) is 4.69. The van der Waals surface area contributed by atoms with E-state index < -0.39 is 0 Å². The fourth-order valence-electron chi connectivity index (χ4n) is 2.80. The predicted octanol–water partition coefficient (Wildman–Crippen LogP) is 6.22. The molecule has 3 aromatic rings. The predicted molar refractivity (Wildman–Crippen MR) is 111 cm³/mol. The summed E-state index contributed by atoms with van der Waals surface area (Å²) >= 11 is 12.6. The quantitative estimate of drug-likeness (QED) is 0.436. The smallest absolute Gasteiger partial charge is 0.254 e. The van der Waals surface area contributed by atoms with Gasteiger partial charge in [-0.1, -0.05) is 60.5 Å². The molecule has 6 heteroatoms. The highest BCUT2D eigenvalue weighted by atomic mass is 35.5. The van der Waals surface area contributed by atoms with Gasteiger partial charge in [0.2, 0.25) is 0 Å². The first kappa shape index (κ1) is 20.3. The Bertz CT molecular complexity index is 888. The Kier molecular flexibility index (Phi) is 7.01. The molecule has 0 spiro atoms. The first-order valence-electron chi connectivity index (χ1n) is 9.06. The van der Waals surface area contributed by atoms with Crippen molar-refractivity contribution in [2.24, 2.45) is 0 Å². The molecule has 0 unspecified atom stereocenters. The zero-order valence-electron chi connectivity index (χ0n) is 15.5. The topological polar surface area (TPSA) is 42.7 Å². The Morgan fingerprint density at radius 1 is 1.04 bits per heavy atom. The Morgan fingerprint density at radius 3 is 2.36 bits per heavy atom. The molecular formula is C22H21Cl2NO3. The number of nitrogens with zero attached hydrogens (tertiary/aromatic N) is 1. The summed E-state index contributed by atoms with van der Waals surface area (Å²) in [4.78, 5) is 14.9. The van der Waals surface area contributed by atoms with Crippen molar-refractivity contribution in [1.29, 1.82) is 0 Å². The van der Waals surface area contributed by atoms with Gasteiger partial charge < -0.3 is 14.1 Å². The van der Waals surface area contributed by atoms with Crippen molar-refractivity contribution in [2.45, 2.75) is 26.4 Å². The molecule has 1 aromatic heterocycles. The van der Waals surface area contributed by atoms with Crippen molar-refractivity contribution in [1.82, 2.24) is 4.90 Å². The van der Waals surface area contributed by atoms with E-state index in [4.69, 9.17) is 32.4 Å². The number of carbonyl (C=O) groups is 1. The van der Waals surface area contributed by atoms with Crippen LogP contribution in [0.4, 0.5) is 0 Å². The number of furan rings is 1. The van der Waals surface area contributed by atoms with Gasteiger partial charge in [-0.3, -0.25) is 4.79 Å². The van der Waals surface area contributed by atoms with E-state index in [1.807, 2.05) is 43.3 Å². The summed E-state index contributed by atoms with van der Waals surface area (Å²) in [5, 5.41) is 0.643. The molecule has 0 saturated heterocycles. The van der Waals surface area contributed by atoms with Crippen LogP contribution < -0.4 is 4.74 Å². The number of hydrogen-bond acceptors (Lipinski definition) is 3. The van der Waals surface area contributed by atoms with Crippen LogP contribution in [0.2, 0.25) is 10.0 Å². The number of carbonyl (C=O) groups excluding carboxylic acids is 1. The van der Waals surface area contributed by atoms with E-state index in [0.717, 1.165) is 12.0 Å². The number of rotatable bonds is 8. The van der Waals surface area contributed by atoms with Crippen LogP contribution in [-0.2, 0) is 13.1 Å². The maximum atomic E-state index is 13.2. The third kappa shape index (κ3) is 5.09.